The standard InChI is InChI=1S/C58H45N/c1-57(2)52-23-12-10-21-48(52)50-33-30-43(36-54(50)57)59(56-24-13-11-20-47(56)41-27-25-39(26-28-41)38-15-6-5-7-16-38)44-31-34-51-49-32-29-42(35-53(49)58(3,4)55(51)37-44)46-22-14-18-40-17-8-9-19-45(40)46/h5-37H,1-4H3. The van der Waals surface area contributed by atoms with E-state index in [-0.39, 0.29) is 10.8 Å². The predicted octanol–water partition coefficient (Wildman–Crippen LogP) is 15.9. The van der Waals surface area contributed by atoms with Crippen molar-refractivity contribution in [2.24, 2.45) is 0 Å². The SMILES string of the molecule is CC1(C)c2ccccc2-c2ccc(N(c3ccc4c(c3)C(C)(C)c3cc(-c5cccc6ccccc56)ccc3-4)c3ccccc3-c3ccc(-c4ccccc4)cc3)cc21. The summed E-state index contributed by atoms with van der Waals surface area (Å²) in [6.45, 7) is 9.54. The van der Waals surface area contributed by atoms with Crippen LogP contribution in [0.15, 0.2) is 200 Å². The molecule has 2 aliphatic carbocycles. The van der Waals surface area contributed by atoms with Gasteiger partial charge in [0, 0.05) is 27.8 Å². The van der Waals surface area contributed by atoms with Crippen LogP contribution in [0, 0.1) is 0 Å². The molecule has 1 heteroatoms. The highest BCUT2D eigenvalue weighted by atomic mass is 15.1. The van der Waals surface area contributed by atoms with E-state index < -0.39 is 0 Å². The first-order valence-corrected chi connectivity index (χ1v) is 20.8. The van der Waals surface area contributed by atoms with Crippen molar-refractivity contribution >= 4 is 27.8 Å². The average Bonchev–Trinajstić information content (AvgIpc) is 3.65. The van der Waals surface area contributed by atoms with E-state index in [1.54, 1.807) is 0 Å². The second-order valence-electron chi connectivity index (χ2n) is 17.3. The van der Waals surface area contributed by atoms with Crippen LogP contribution in [0.5, 0.6) is 0 Å². The summed E-state index contributed by atoms with van der Waals surface area (Å²) in [5, 5.41) is 2.55. The molecule has 0 amide bonds. The molecule has 2 aliphatic rings. The summed E-state index contributed by atoms with van der Waals surface area (Å²) in [6.07, 6.45) is 0. The molecule has 0 saturated heterocycles. The third-order valence-electron chi connectivity index (χ3n) is 13.3. The molecule has 0 bridgehead atoms. The molecule has 1 nitrogen and oxygen atoms in total. The number of para-hydroxylation sites is 1. The molecule has 0 saturated carbocycles. The molecule has 11 rings (SSSR count). The lowest BCUT2D eigenvalue weighted by Gasteiger charge is -2.31. The van der Waals surface area contributed by atoms with Crippen molar-refractivity contribution in [3.63, 3.8) is 0 Å². The molecular weight excluding hydrogens is 711 g/mol. The van der Waals surface area contributed by atoms with Crippen LogP contribution in [0.2, 0.25) is 0 Å². The van der Waals surface area contributed by atoms with Gasteiger partial charge in [0.25, 0.3) is 0 Å². The second kappa shape index (κ2) is 13.3. The van der Waals surface area contributed by atoms with Gasteiger partial charge in [-0.05, 0) is 119 Å². The Kier molecular flexibility index (Phi) is 7.94. The van der Waals surface area contributed by atoms with E-state index in [0.717, 1.165) is 17.1 Å². The lowest BCUT2D eigenvalue weighted by atomic mass is 9.81. The number of rotatable bonds is 6. The molecule has 0 fully saturated rings. The Bertz CT molecular complexity index is 3090. The molecule has 0 aromatic heterocycles. The van der Waals surface area contributed by atoms with Gasteiger partial charge in [-0.3, -0.25) is 0 Å². The first kappa shape index (κ1) is 35.2. The number of nitrogens with zero attached hydrogens (tertiary/aromatic N) is 1. The summed E-state index contributed by atoms with van der Waals surface area (Å²) >= 11 is 0. The summed E-state index contributed by atoms with van der Waals surface area (Å²) in [5.41, 5.74) is 21.3. The number of benzene rings is 9. The van der Waals surface area contributed by atoms with Gasteiger partial charge in [0.2, 0.25) is 0 Å². The van der Waals surface area contributed by atoms with Crippen molar-refractivity contribution in [3.05, 3.63) is 222 Å². The smallest absolute Gasteiger partial charge is 0.0540 e. The van der Waals surface area contributed by atoms with Gasteiger partial charge in [0.05, 0.1) is 5.69 Å². The van der Waals surface area contributed by atoms with Gasteiger partial charge in [-0.15, -0.1) is 0 Å². The second-order valence-corrected chi connectivity index (χ2v) is 17.3. The Morgan fingerprint density at radius 1 is 0.305 bits per heavy atom. The van der Waals surface area contributed by atoms with Crippen molar-refractivity contribution in [3.8, 4) is 55.6 Å². The Hall–Kier alpha value is -6.96. The number of anilines is 3. The predicted molar refractivity (Wildman–Crippen MR) is 250 cm³/mol. The van der Waals surface area contributed by atoms with Gasteiger partial charge >= 0.3 is 0 Å². The highest BCUT2D eigenvalue weighted by Crippen LogP contribution is 2.54. The van der Waals surface area contributed by atoms with Crippen LogP contribution in [-0.2, 0) is 10.8 Å². The highest BCUT2D eigenvalue weighted by molar-refractivity contribution is 5.98. The van der Waals surface area contributed by atoms with E-state index in [1.165, 1.54) is 88.7 Å². The van der Waals surface area contributed by atoms with Crippen LogP contribution < -0.4 is 4.90 Å². The molecule has 282 valence electrons. The first-order chi connectivity index (χ1) is 28.8. The maximum Gasteiger partial charge on any atom is 0.0540 e. The van der Waals surface area contributed by atoms with Crippen LogP contribution in [0.25, 0.3) is 66.4 Å². The average molecular weight is 756 g/mol. The van der Waals surface area contributed by atoms with E-state index in [9.17, 15) is 0 Å². The highest BCUT2D eigenvalue weighted by Gasteiger charge is 2.38. The zero-order chi connectivity index (χ0) is 39.9. The zero-order valence-corrected chi connectivity index (χ0v) is 34.0. The Balaban J connectivity index is 1.06. The molecule has 0 aliphatic heterocycles. The van der Waals surface area contributed by atoms with Gasteiger partial charge in [-0.1, -0.05) is 191 Å². The fraction of sp³-hybridized carbons (Fsp3) is 0.103. The third-order valence-corrected chi connectivity index (χ3v) is 13.3. The molecule has 0 atom stereocenters. The molecule has 0 heterocycles. The third kappa shape index (κ3) is 5.53. The zero-order valence-electron chi connectivity index (χ0n) is 34.0. The van der Waals surface area contributed by atoms with Crippen LogP contribution in [0.4, 0.5) is 17.1 Å². The molecule has 0 N–H and O–H groups in total. The Labute approximate surface area is 347 Å². The summed E-state index contributed by atoms with van der Waals surface area (Å²) in [4.78, 5) is 2.50. The lowest BCUT2D eigenvalue weighted by Crippen LogP contribution is -2.18. The maximum atomic E-state index is 2.50. The van der Waals surface area contributed by atoms with Crippen molar-refractivity contribution in [1.29, 1.82) is 0 Å². The maximum absolute atomic E-state index is 2.50. The molecular formula is C58H45N. The van der Waals surface area contributed by atoms with Crippen LogP contribution in [0.3, 0.4) is 0 Å². The lowest BCUT2D eigenvalue weighted by molar-refractivity contribution is 0.660. The van der Waals surface area contributed by atoms with Crippen molar-refractivity contribution in [1.82, 2.24) is 0 Å². The minimum atomic E-state index is -0.207. The molecule has 59 heavy (non-hydrogen) atoms. The van der Waals surface area contributed by atoms with E-state index in [0.29, 0.717) is 0 Å². The fourth-order valence-electron chi connectivity index (χ4n) is 10.2. The van der Waals surface area contributed by atoms with Gasteiger partial charge in [0.15, 0.2) is 0 Å². The van der Waals surface area contributed by atoms with E-state index in [1.807, 2.05) is 0 Å². The molecule has 0 unspecified atom stereocenters. The summed E-state index contributed by atoms with van der Waals surface area (Å²) in [6, 6.07) is 74.3. The molecule has 0 radical (unpaired) electrons. The van der Waals surface area contributed by atoms with Gasteiger partial charge in [-0.2, -0.15) is 0 Å². The molecule has 9 aromatic rings. The Morgan fingerprint density at radius 2 is 0.780 bits per heavy atom. The molecule has 9 aromatic carbocycles. The van der Waals surface area contributed by atoms with Crippen LogP contribution >= 0.6 is 0 Å². The van der Waals surface area contributed by atoms with Gasteiger partial charge < -0.3 is 4.90 Å². The molecule has 0 spiro atoms. The monoisotopic (exact) mass is 755 g/mol. The van der Waals surface area contributed by atoms with Crippen LogP contribution in [0.1, 0.15) is 49.9 Å². The van der Waals surface area contributed by atoms with E-state index in [2.05, 4.69) is 233 Å². The van der Waals surface area contributed by atoms with Gasteiger partial charge in [0.1, 0.15) is 0 Å². The van der Waals surface area contributed by atoms with Gasteiger partial charge in [-0.25, -0.2) is 0 Å². The largest absolute Gasteiger partial charge is 0.310 e. The summed E-state index contributed by atoms with van der Waals surface area (Å²) < 4.78 is 0. The van der Waals surface area contributed by atoms with Crippen molar-refractivity contribution in [2.75, 3.05) is 4.90 Å². The number of hydrogen-bond donors (Lipinski definition) is 0. The van der Waals surface area contributed by atoms with Crippen LogP contribution in [-0.4, -0.2) is 0 Å². The minimum Gasteiger partial charge on any atom is -0.310 e. The topological polar surface area (TPSA) is 3.24 Å². The fourth-order valence-corrected chi connectivity index (χ4v) is 10.2. The summed E-state index contributed by atoms with van der Waals surface area (Å²) in [5.74, 6) is 0. The summed E-state index contributed by atoms with van der Waals surface area (Å²) in [7, 11) is 0. The minimum absolute atomic E-state index is 0.121. The van der Waals surface area contributed by atoms with E-state index >= 15 is 0 Å². The normalized spacial score (nSPS) is 14.0. The quantitative estimate of drug-likeness (QED) is 0.163. The Morgan fingerprint density at radius 3 is 1.51 bits per heavy atom. The van der Waals surface area contributed by atoms with E-state index in [4.69, 9.17) is 0 Å². The first-order valence-electron chi connectivity index (χ1n) is 20.8. The number of fused-ring (bicyclic) bond motifs is 7. The van der Waals surface area contributed by atoms with Crippen molar-refractivity contribution < 1.29 is 0 Å². The van der Waals surface area contributed by atoms with Crippen molar-refractivity contribution in [2.45, 2.75) is 38.5 Å². The number of hydrogen-bond acceptors (Lipinski definition) is 1.